The number of carbonyl (C=O) groups excluding carboxylic acids is 1. The van der Waals surface area contributed by atoms with Crippen molar-refractivity contribution < 1.29 is 14.6 Å². The Hall–Kier alpha value is -3.15. The van der Waals surface area contributed by atoms with Gasteiger partial charge in [-0.25, -0.2) is 9.97 Å². The molecule has 0 aliphatic carbocycles. The standard InChI is InChI=1S/C16H13N3O3/c1-22-12-5-2-10-3-6-13(18-14(10)8-12)16(21)19-15-7-4-11(20)9-17-15/h2-9,20H,1H3,(H,17,19,21). The number of anilines is 1. The number of fused-ring (bicyclic) bond motifs is 1. The molecule has 0 atom stereocenters. The molecule has 0 spiro atoms. The molecule has 0 aliphatic heterocycles. The third-order valence-corrected chi connectivity index (χ3v) is 3.12. The van der Waals surface area contributed by atoms with E-state index in [9.17, 15) is 9.90 Å². The van der Waals surface area contributed by atoms with Crippen molar-refractivity contribution >= 4 is 22.6 Å². The van der Waals surface area contributed by atoms with Crippen molar-refractivity contribution in [3.05, 3.63) is 54.4 Å². The third-order valence-electron chi connectivity index (χ3n) is 3.12. The van der Waals surface area contributed by atoms with Crippen LogP contribution in [0.25, 0.3) is 10.9 Å². The average molecular weight is 295 g/mol. The lowest BCUT2D eigenvalue weighted by molar-refractivity contribution is 0.102. The van der Waals surface area contributed by atoms with Crippen molar-refractivity contribution in [2.75, 3.05) is 12.4 Å². The summed E-state index contributed by atoms with van der Waals surface area (Å²) in [4.78, 5) is 20.4. The van der Waals surface area contributed by atoms with Gasteiger partial charge in [0, 0.05) is 11.5 Å². The molecule has 0 bridgehead atoms. The number of ether oxygens (including phenoxy) is 1. The van der Waals surface area contributed by atoms with Crippen LogP contribution in [0.5, 0.6) is 11.5 Å². The van der Waals surface area contributed by atoms with E-state index in [1.54, 1.807) is 19.2 Å². The molecule has 6 heteroatoms. The molecule has 0 aliphatic rings. The van der Waals surface area contributed by atoms with E-state index < -0.39 is 0 Å². The summed E-state index contributed by atoms with van der Waals surface area (Å²) in [5, 5.41) is 12.7. The molecule has 3 aromatic rings. The topological polar surface area (TPSA) is 84.3 Å². The van der Waals surface area contributed by atoms with Crippen molar-refractivity contribution in [3.8, 4) is 11.5 Å². The third kappa shape index (κ3) is 2.80. The first-order valence-corrected chi connectivity index (χ1v) is 6.57. The Kier molecular flexibility index (Phi) is 3.57. The monoisotopic (exact) mass is 295 g/mol. The van der Waals surface area contributed by atoms with Crippen LogP contribution in [0.15, 0.2) is 48.7 Å². The zero-order valence-electron chi connectivity index (χ0n) is 11.8. The maximum Gasteiger partial charge on any atom is 0.275 e. The number of aromatic hydroxyl groups is 1. The second-order valence-corrected chi connectivity index (χ2v) is 4.61. The number of nitrogens with zero attached hydrogens (tertiary/aromatic N) is 2. The van der Waals surface area contributed by atoms with Crippen LogP contribution >= 0.6 is 0 Å². The maximum absolute atomic E-state index is 12.2. The highest BCUT2D eigenvalue weighted by Gasteiger charge is 2.10. The first-order valence-electron chi connectivity index (χ1n) is 6.57. The number of nitrogens with one attached hydrogen (secondary N) is 1. The Morgan fingerprint density at radius 3 is 2.73 bits per heavy atom. The molecule has 0 saturated heterocycles. The molecule has 0 saturated carbocycles. The van der Waals surface area contributed by atoms with E-state index in [1.165, 1.54) is 18.3 Å². The molecule has 2 N–H and O–H groups in total. The molecule has 0 radical (unpaired) electrons. The van der Waals surface area contributed by atoms with E-state index in [0.717, 1.165) is 5.39 Å². The van der Waals surface area contributed by atoms with E-state index >= 15 is 0 Å². The summed E-state index contributed by atoms with van der Waals surface area (Å²) in [5.74, 6) is 0.685. The van der Waals surface area contributed by atoms with E-state index in [4.69, 9.17) is 4.74 Å². The predicted molar refractivity (Wildman–Crippen MR) is 82.2 cm³/mol. The molecular weight excluding hydrogens is 282 g/mol. The number of hydrogen-bond acceptors (Lipinski definition) is 5. The number of pyridine rings is 2. The number of amides is 1. The summed E-state index contributed by atoms with van der Waals surface area (Å²) < 4.78 is 5.16. The van der Waals surface area contributed by atoms with Crippen LogP contribution in [0.1, 0.15) is 10.5 Å². The van der Waals surface area contributed by atoms with Gasteiger partial charge in [0.2, 0.25) is 0 Å². The summed E-state index contributed by atoms with van der Waals surface area (Å²) in [5.41, 5.74) is 0.946. The molecule has 2 aromatic heterocycles. The fraction of sp³-hybridized carbons (Fsp3) is 0.0625. The highest BCUT2D eigenvalue weighted by Crippen LogP contribution is 2.20. The van der Waals surface area contributed by atoms with Gasteiger partial charge in [0.25, 0.3) is 5.91 Å². The maximum atomic E-state index is 12.2. The zero-order valence-corrected chi connectivity index (χ0v) is 11.8. The fourth-order valence-corrected chi connectivity index (χ4v) is 1.99. The van der Waals surface area contributed by atoms with Gasteiger partial charge in [0.05, 0.1) is 18.8 Å². The summed E-state index contributed by atoms with van der Waals surface area (Å²) in [6, 6.07) is 11.9. The van der Waals surface area contributed by atoms with E-state index in [-0.39, 0.29) is 17.4 Å². The summed E-state index contributed by atoms with van der Waals surface area (Å²) >= 11 is 0. The quantitative estimate of drug-likeness (QED) is 0.776. The molecule has 6 nitrogen and oxygen atoms in total. The molecule has 0 fully saturated rings. The predicted octanol–water partition coefficient (Wildman–Crippen LogP) is 2.60. The van der Waals surface area contributed by atoms with Crippen LogP contribution in [-0.2, 0) is 0 Å². The van der Waals surface area contributed by atoms with Crippen LogP contribution in [0, 0.1) is 0 Å². The van der Waals surface area contributed by atoms with Crippen LogP contribution < -0.4 is 10.1 Å². The lowest BCUT2D eigenvalue weighted by Crippen LogP contribution is -2.14. The molecule has 22 heavy (non-hydrogen) atoms. The lowest BCUT2D eigenvalue weighted by Gasteiger charge is -2.06. The first kappa shape index (κ1) is 13.8. The van der Waals surface area contributed by atoms with Crippen LogP contribution in [0.4, 0.5) is 5.82 Å². The van der Waals surface area contributed by atoms with Gasteiger partial charge in [0.15, 0.2) is 0 Å². The minimum atomic E-state index is -0.372. The van der Waals surface area contributed by atoms with Crippen LogP contribution in [0.2, 0.25) is 0 Å². The van der Waals surface area contributed by atoms with Gasteiger partial charge in [0.1, 0.15) is 23.0 Å². The summed E-state index contributed by atoms with van der Waals surface area (Å²) in [7, 11) is 1.58. The number of methoxy groups -OCH3 is 1. The SMILES string of the molecule is COc1ccc2ccc(C(=O)Nc3ccc(O)cn3)nc2c1. The highest BCUT2D eigenvalue weighted by molar-refractivity contribution is 6.03. The number of rotatable bonds is 3. The Morgan fingerprint density at radius 1 is 1.18 bits per heavy atom. The van der Waals surface area contributed by atoms with E-state index in [0.29, 0.717) is 17.1 Å². The normalized spacial score (nSPS) is 10.4. The summed E-state index contributed by atoms with van der Waals surface area (Å²) in [6.45, 7) is 0. The van der Waals surface area contributed by atoms with Crippen LogP contribution in [0.3, 0.4) is 0 Å². The fourth-order valence-electron chi connectivity index (χ4n) is 1.99. The number of hydrogen-bond donors (Lipinski definition) is 2. The second-order valence-electron chi connectivity index (χ2n) is 4.61. The van der Waals surface area contributed by atoms with Crippen molar-refractivity contribution in [2.45, 2.75) is 0 Å². The molecule has 2 heterocycles. The molecule has 1 amide bonds. The lowest BCUT2D eigenvalue weighted by atomic mass is 10.2. The van der Waals surface area contributed by atoms with Crippen molar-refractivity contribution in [1.82, 2.24) is 9.97 Å². The van der Waals surface area contributed by atoms with Gasteiger partial charge in [-0.3, -0.25) is 4.79 Å². The Balaban J connectivity index is 1.88. The van der Waals surface area contributed by atoms with Crippen molar-refractivity contribution in [3.63, 3.8) is 0 Å². The summed E-state index contributed by atoms with van der Waals surface area (Å²) in [6.07, 6.45) is 1.26. The van der Waals surface area contributed by atoms with Gasteiger partial charge in [-0.2, -0.15) is 0 Å². The molecule has 110 valence electrons. The molecule has 3 rings (SSSR count). The molecular formula is C16H13N3O3. The van der Waals surface area contributed by atoms with Crippen LogP contribution in [-0.4, -0.2) is 28.1 Å². The minimum absolute atomic E-state index is 0.0360. The number of carbonyl (C=O) groups is 1. The number of aromatic nitrogens is 2. The van der Waals surface area contributed by atoms with E-state index in [1.807, 2.05) is 18.2 Å². The Bertz CT molecular complexity index is 832. The molecule has 0 unspecified atom stereocenters. The first-order chi connectivity index (χ1) is 10.7. The smallest absolute Gasteiger partial charge is 0.275 e. The van der Waals surface area contributed by atoms with Gasteiger partial charge in [-0.1, -0.05) is 6.07 Å². The largest absolute Gasteiger partial charge is 0.506 e. The highest BCUT2D eigenvalue weighted by atomic mass is 16.5. The van der Waals surface area contributed by atoms with Gasteiger partial charge in [-0.05, 0) is 30.3 Å². The van der Waals surface area contributed by atoms with E-state index in [2.05, 4.69) is 15.3 Å². The Morgan fingerprint density at radius 2 is 2.00 bits per heavy atom. The number of benzene rings is 1. The Labute approximate surface area is 126 Å². The second kappa shape index (κ2) is 5.69. The minimum Gasteiger partial charge on any atom is -0.506 e. The molecule has 1 aromatic carbocycles. The zero-order chi connectivity index (χ0) is 15.5. The van der Waals surface area contributed by atoms with Gasteiger partial charge >= 0.3 is 0 Å². The van der Waals surface area contributed by atoms with Gasteiger partial charge < -0.3 is 15.2 Å². The van der Waals surface area contributed by atoms with Gasteiger partial charge in [-0.15, -0.1) is 0 Å². The van der Waals surface area contributed by atoms with Crippen molar-refractivity contribution in [1.29, 1.82) is 0 Å². The average Bonchev–Trinajstić information content (AvgIpc) is 2.55. The van der Waals surface area contributed by atoms with Crippen molar-refractivity contribution in [2.24, 2.45) is 0 Å².